The topological polar surface area (TPSA) is 69.5 Å². The van der Waals surface area contributed by atoms with E-state index in [9.17, 15) is 10.1 Å². The van der Waals surface area contributed by atoms with Gasteiger partial charge in [-0.25, -0.2) is 4.98 Å². The molecule has 0 saturated carbocycles. The third-order valence-corrected chi connectivity index (χ3v) is 6.31. The fourth-order valence-electron chi connectivity index (χ4n) is 3.92. The monoisotopic (exact) mass is 372 g/mol. The summed E-state index contributed by atoms with van der Waals surface area (Å²) in [6.45, 7) is 3.22. The van der Waals surface area contributed by atoms with E-state index in [-0.39, 0.29) is 5.91 Å². The number of ether oxygens (including phenoxy) is 1. The molecule has 1 aromatic rings. The van der Waals surface area contributed by atoms with Gasteiger partial charge in [0.05, 0.1) is 18.7 Å². The molecule has 2 saturated heterocycles. The van der Waals surface area contributed by atoms with Gasteiger partial charge in [-0.3, -0.25) is 4.79 Å². The van der Waals surface area contributed by atoms with Crippen LogP contribution in [0.25, 0.3) is 0 Å². The van der Waals surface area contributed by atoms with Crippen molar-refractivity contribution < 1.29 is 9.53 Å². The molecule has 7 heteroatoms. The van der Waals surface area contributed by atoms with Gasteiger partial charge in [-0.05, 0) is 37.3 Å². The summed E-state index contributed by atoms with van der Waals surface area (Å²) < 4.78 is 5.78. The Morgan fingerprint density at radius 1 is 1.27 bits per heavy atom. The number of aryl methyl sites for hydroxylation is 2. The number of pyridine rings is 1. The molecule has 0 spiro atoms. The fraction of sp³-hybridized carbons (Fsp3) is 0.632. The minimum atomic E-state index is -0.462. The average Bonchev–Trinajstić information content (AvgIpc) is 2.73. The highest BCUT2D eigenvalue weighted by molar-refractivity contribution is 7.99. The van der Waals surface area contributed by atoms with Crippen LogP contribution in [0.4, 0.5) is 5.82 Å². The molecule has 0 N–H and O–H groups in total. The second kappa shape index (κ2) is 7.85. The molecule has 3 aliphatic rings. The van der Waals surface area contributed by atoms with Crippen molar-refractivity contribution in [3.05, 3.63) is 22.9 Å². The quantitative estimate of drug-likeness (QED) is 0.786. The number of carbonyl (C=O) groups excluding carboxylic acids is 1. The first-order valence-corrected chi connectivity index (χ1v) is 10.6. The highest BCUT2D eigenvalue weighted by Crippen LogP contribution is 2.28. The molecular weight excluding hydrogens is 348 g/mol. The highest BCUT2D eigenvalue weighted by Gasteiger charge is 2.32. The number of amides is 1. The molecule has 0 aromatic carbocycles. The van der Waals surface area contributed by atoms with Crippen LogP contribution in [0.5, 0.6) is 0 Å². The van der Waals surface area contributed by atoms with Gasteiger partial charge in [0.1, 0.15) is 11.9 Å². The Hall–Kier alpha value is -1.78. The maximum Gasteiger partial charge on any atom is 0.253 e. The Bertz CT molecular complexity index is 727. The van der Waals surface area contributed by atoms with Gasteiger partial charge in [0, 0.05) is 36.8 Å². The van der Waals surface area contributed by atoms with Crippen LogP contribution in [0, 0.1) is 11.3 Å². The van der Waals surface area contributed by atoms with E-state index >= 15 is 0 Å². The number of hydrogen-bond acceptors (Lipinski definition) is 6. The lowest BCUT2D eigenvalue weighted by Gasteiger charge is -2.37. The van der Waals surface area contributed by atoms with Crippen LogP contribution < -0.4 is 4.90 Å². The number of carbonyl (C=O) groups is 1. The molecule has 3 heterocycles. The van der Waals surface area contributed by atoms with Gasteiger partial charge in [-0.1, -0.05) is 0 Å². The Balaban J connectivity index is 1.54. The summed E-state index contributed by atoms with van der Waals surface area (Å²) in [5.41, 5.74) is 2.95. The predicted molar refractivity (Wildman–Crippen MR) is 101 cm³/mol. The standard InChI is InChI=1S/C19H24N4O2S/c20-12-15-11-14-3-1-2-4-16(14)21-18(15)23-5-8-25-17(13-23)19(24)22-6-9-26-10-7-22/h11,17H,1-10,13H2. The van der Waals surface area contributed by atoms with E-state index in [0.717, 1.165) is 55.4 Å². The summed E-state index contributed by atoms with van der Waals surface area (Å²) in [7, 11) is 0. The number of nitrogens with zero attached hydrogens (tertiary/aromatic N) is 4. The van der Waals surface area contributed by atoms with E-state index in [1.165, 1.54) is 12.0 Å². The van der Waals surface area contributed by atoms with Gasteiger partial charge in [0.15, 0.2) is 6.10 Å². The SMILES string of the molecule is N#Cc1cc2c(nc1N1CCOC(C(=O)N3CCSCC3)C1)CCCC2. The first-order chi connectivity index (χ1) is 12.8. The predicted octanol–water partition coefficient (Wildman–Crippen LogP) is 1.61. The zero-order valence-electron chi connectivity index (χ0n) is 14.9. The zero-order chi connectivity index (χ0) is 17.9. The molecular formula is C19H24N4O2S. The molecule has 1 amide bonds. The zero-order valence-corrected chi connectivity index (χ0v) is 15.8. The third-order valence-electron chi connectivity index (χ3n) is 5.37. The summed E-state index contributed by atoms with van der Waals surface area (Å²) in [6, 6.07) is 4.31. The number of fused-ring (bicyclic) bond motifs is 1. The number of morpholine rings is 1. The number of thioether (sulfide) groups is 1. The van der Waals surface area contributed by atoms with Gasteiger partial charge < -0.3 is 14.5 Å². The molecule has 1 aromatic heterocycles. The Labute approximate surface area is 158 Å². The Morgan fingerprint density at radius 3 is 2.88 bits per heavy atom. The number of rotatable bonds is 2. The maximum absolute atomic E-state index is 12.8. The van der Waals surface area contributed by atoms with Gasteiger partial charge in [-0.15, -0.1) is 0 Å². The van der Waals surface area contributed by atoms with Gasteiger partial charge >= 0.3 is 0 Å². The smallest absolute Gasteiger partial charge is 0.253 e. The van der Waals surface area contributed by atoms with Crippen molar-refractivity contribution in [1.29, 1.82) is 5.26 Å². The van der Waals surface area contributed by atoms with Crippen molar-refractivity contribution in [3.8, 4) is 6.07 Å². The van der Waals surface area contributed by atoms with Crippen LogP contribution in [0.2, 0.25) is 0 Å². The molecule has 1 unspecified atom stereocenters. The number of aromatic nitrogens is 1. The van der Waals surface area contributed by atoms with Crippen LogP contribution in [0.15, 0.2) is 6.07 Å². The summed E-state index contributed by atoms with van der Waals surface area (Å²) in [5.74, 6) is 2.79. The molecule has 0 radical (unpaired) electrons. The van der Waals surface area contributed by atoms with E-state index in [2.05, 4.69) is 11.0 Å². The molecule has 26 heavy (non-hydrogen) atoms. The molecule has 2 aliphatic heterocycles. The Kier molecular flexibility index (Phi) is 5.32. The summed E-state index contributed by atoms with van der Waals surface area (Å²) >= 11 is 1.89. The first kappa shape index (κ1) is 17.6. The van der Waals surface area contributed by atoms with Crippen LogP contribution in [0.3, 0.4) is 0 Å². The number of hydrogen-bond donors (Lipinski definition) is 0. The van der Waals surface area contributed by atoms with Crippen molar-refractivity contribution in [1.82, 2.24) is 9.88 Å². The van der Waals surface area contributed by atoms with E-state index < -0.39 is 6.10 Å². The van der Waals surface area contributed by atoms with Crippen LogP contribution in [-0.2, 0) is 22.4 Å². The van der Waals surface area contributed by atoms with Gasteiger partial charge in [0.2, 0.25) is 0 Å². The molecule has 6 nitrogen and oxygen atoms in total. The van der Waals surface area contributed by atoms with Gasteiger partial charge in [-0.2, -0.15) is 17.0 Å². The second-order valence-electron chi connectivity index (χ2n) is 7.03. The molecule has 1 aliphatic carbocycles. The maximum atomic E-state index is 12.8. The fourth-order valence-corrected chi connectivity index (χ4v) is 4.83. The second-order valence-corrected chi connectivity index (χ2v) is 8.25. The molecule has 4 rings (SSSR count). The van der Waals surface area contributed by atoms with Gasteiger partial charge in [0.25, 0.3) is 5.91 Å². The van der Waals surface area contributed by atoms with Crippen LogP contribution in [-0.4, -0.2) is 66.2 Å². The lowest BCUT2D eigenvalue weighted by molar-refractivity contribution is -0.144. The third kappa shape index (κ3) is 3.53. The minimum absolute atomic E-state index is 0.0754. The molecule has 138 valence electrons. The van der Waals surface area contributed by atoms with E-state index in [4.69, 9.17) is 9.72 Å². The molecule has 2 fully saturated rings. The minimum Gasteiger partial charge on any atom is -0.365 e. The average molecular weight is 372 g/mol. The van der Waals surface area contributed by atoms with Crippen LogP contribution in [0.1, 0.15) is 29.7 Å². The van der Waals surface area contributed by atoms with Crippen LogP contribution >= 0.6 is 11.8 Å². The summed E-state index contributed by atoms with van der Waals surface area (Å²) in [5, 5.41) is 9.60. The van der Waals surface area contributed by atoms with E-state index in [0.29, 0.717) is 25.3 Å². The van der Waals surface area contributed by atoms with Crippen molar-refractivity contribution in [3.63, 3.8) is 0 Å². The van der Waals surface area contributed by atoms with E-state index in [1.807, 2.05) is 22.7 Å². The molecule has 1 atom stereocenters. The van der Waals surface area contributed by atoms with Crippen molar-refractivity contribution in [2.24, 2.45) is 0 Å². The summed E-state index contributed by atoms with van der Waals surface area (Å²) in [6.07, 6.45) is 3.85. The normalized spacial score (nSPS) is 23.3. The first-order valence-electron chi connectivity index (χ1n) is 9.42. The number of nitriles is 1. The highest BCUT2D eigenvalue weighted by atomic mass is 32.2. The van der Waals surface area contributed by atoms with E-state index in [1.54, 1.807) is 0 Å². The van der Waals surface area contributed by atoms with Crippen molar-refractivity contribution >= 4 is 23.5 Å². The van der Waals surface area contributed by atoms with Crippen molar-refractivity contribution in [2.75, 3.05) is 49.2 Å². The summed E-state index contributed by atoms with van der Waals surface area (Å²) in [4.78, 5) is 21.6. The number of anilines is 1. The molecule has 0 bridgehead atoms. The largest absolute Gasteiger partial charge is 0.365 e. The lowest BCUT2D eigenvalue weighted by atomic mass is 9.94. The Morgan fingerprint density at radius 2 is 2.08 bits per heavy atom. The van der Waals surface area contributed by atoms with Crippen molar-refractivity contribution in [2.45, 2.75) is 31.8 Å². The lowest BCUT2D eigenvalue weighted by Crippen LogP contribution is -2.53.